The van der Waals surface area contributed by atoms with Crippen molar-refractivity contribution in [1.82, 2.24) is 0 Å². The van der Waals surface area contributed by atoms with Crippen molar-refractivity contribution >= 4 is 25.5 Å². The molecule has 1 aromatic rings. The van der Waals surface area contributed by atoms with Gasteiger partial charge in [0.2, 0.25) is 0 Å². The van der Waals surface area contributed by atoms with E-state index in [-0.39, 0.29) is 9.79 Å². The molecule has 23 heavy (non-hydrogen) atoms. The molecule has 0 bridgehead atoms. The summed E-state index contributed by atoms with van der Waals surface area (Å²) in [7, 11) is -2.98. The van der Waals surface area contributed by atoms with Gasteiger partial charge in [0, 0.05) is 6.21 Å². The van der Waals surface area contributed by atoms with Gasteiger partial charge in [-0.3, -0.25) is 0 Å². The number of benzene rings is 1. The predicted molar refractivity (Wildman–Crippen MR) is 104 cm³/mol. The van der Waals surface area contributed by atoms with Gasteiger partial charge in [-0.1, -0.05) is 39.0 Å². The molecule has 130 valence electrons. The number of hydrogen-bond donors (Lipinski definition) is 0. The van der Waals surface area contributed by atoms with E-state index < -0.39 is 19.3 Å². The molecule has 0 aliphatic rings. The molecule has 0 N–H and O–H groups in total. The third kappa shape index (κ3) is 6.32. The number of rotatable bonds is 5. The summed E-state index contributed by atoms with van der Waals surface area (Å²) >= 11 is 0. The first-order valence-corrected chi connectivity index (χ1v) is 12.0. The van der Waals surface area contributed by atoms with Crippen LogP contribution in [0.1, 0.15) is 52.7 Å². The van der Waals surface area contributed by atoms with E-state index in [0.29, 0.717) is 6.61 Å². The van der Waals surface area contributed by atoms with E-state index in [1.807, 2.05) is 32.9 Å². The van der Waals surface area contributed by atoms with Crippen molar-refractivity contribution in [2.24, 2.45) is 4.40 Å². The molecule has 0 aliphatic heterocycles. The molecule has 0 saturated heterocycles. The quantitative estimate of drug-likeness (QED) is 0.546. The van der Waals surface area contributed by atoms with Crippen molar-refractivity contribution in [2.75, 3.05) is 0 Å². The maximum absolute atomic E-state index is 12.0. The second-order valence-corrected chi connectivity index (χ2v) is 15.1. The molecule has 0 aliphatic carbocycles. The zero-order chi connectivity index (χ0) is 17.9. The SMILES string of the molecule is CC(C)(C)[S@](=O)/N=C/c1cccc(CO[Si](C)(C)C(C)(C)C)c1. The molecule has 3 nitrogen and oxygen atoms in total. The first-order chi connectivity index (χ1) is 10.3. The minimum absolute atomic E-state index is 0.204. The highest BCUT2D eigenvalue weighted by atomic mass is 32.2. The molecule has 0 saturated carbocycles. The highest BCUT2D eigenvalue weighted by Gasteiger charge is 2.36. The Morgan fingerprint density at radius 3 is 2.30 bits per heavy atom. The zero-order valence-electron chi connectivity index (χ0n) is 15.8. The Morgan fingerprint density at radius 1 is 1.17 bits per heavy atom. The fourth-order valence-corrected chi connectivity index (χ4v) is 3.00. The Morgan fingerprint density at radius 2 is 1.78 bits per heavy atom. The van der Waals surface area contributed by atoms with Crippen molar-refractivity contribution < 1.29 is 8.63 Å². The standard InChI is InChI=1S/C18H31NO2SSi/c1-17(2,3)22(20)19-13-15-10-9-11-16(12-15)14-21-23(7,8)18(4,5)6/h9-13H,14H2,1-8H3/b19-13+/t22-/m0/s1. The van der Waals surface area contributed by atoms with Crippen LogP contribution in [0.25, 0.3) is 0 Å². The summed E-state index contributed by atoms with van der Waals surface area (Å²) in [6.07, 6.45) is 1.69. The summed E-state index contributed by atoms with van der Waals surface area (Å²) in [5.41, 5.74) is 2.08. The summed E-state index contributed by atoms with van der Waals surface area (Å²) in [5.74, 6) is 0. The molecule has 0 aromatic heterocycles. The van der Waals surface area contributed by atoms with Gasteiger partial charge < -0.3 is 4.43 Å². The maximum atomic E-state index is 12.0. The molecule has 1 aromatic carbocycles. The average Bonchev–Trinajstić information content (AvgIpc) is 2.41. The van der Waals surface area contributed by atoms with Crippen molar-refractivity contribution in [3.63, 3.8) is 0 Å². The van der Waals surface area contributed by atoms with Crippen molar-refractivity contribution in [2.45, 2.75) is 71.0 Å². The van der Waals surface area contributed by atoms with Crippen LogP contribution in [0.4, 0.5) is 0 Å². The first kappa shape index (κ1) is 20.3. The van der Waals surface area contributed by atoms with Crippen LogP contribution in [-0.2, 0) is 22.0 Å². The largest absolute Gasteiger partial charge is 0.413 e. The van der Waals surface area contributed by atoms with Crippen LogP contribution >= 0.6 is 0 Å². The van der Waals surface area contributed by atoms with Crippen LogP contribution in [-0.4, -0.2) is 23.5 Å². The van der Waals surface area contributed by atoms with Crippen LogP contribution in [0.2, 0.25) is 18.1 Å². The van der Waals surface area contributed by atoms with Crippen LogP contribution in [0.15, 0.2) is 28.7 Å². The summed E-state index contributed by atoms with van der Waals surface area (Å²) in [6.45, 7) is 17.6. The van der Waals surface area contributed by atoms with Gasteiger partial charge >= 0.3 is 0 Å². The summed E-state index contributed by atoms with van der Waals surface area (Å²) < 4.78 is 22.1. The highest BCUT2D eigenvalue weighted by Crippen LogP contribution is 2.37. The molecular weight excluding hydrogens is 322 g/mol. The molecule has 0 amide bonds. The Kier molecular flexibility index (Phi) is 6.53. The van der Waals surface area contributed by atoms with Gasteiger partial charge in [0.15, 0.2) is 8.32 Å². The topological polar surface area (TPSA) is 38.7 Å². The normalized spacial score (nSPS) is 15.1. The minimum atomic E-state index is -1.75. The average molecular weight is 354 g/mol. The van der Waals surface area contributed by atoms with Gasteiger partial charge in [-0.15, -0.1) is 0 Å². The lowest BCUT2D eigenvalue weighted by Gasteiger charge is -2.36. The second kappa shape index (κ2) is 7.41. The van der Waals surface area contributed by atoms with Gasteiger partial charge in [0.1, 0.15) is 11.0 Å². The Labute approximate surface area is 145 Å². The maximum Gasteiger partial charge on any atom is 0.192 e. The van der Waals surface area contributed by atoms with Crippen molar-refractivity contribution in [3.8, 4) is 0 Å². The lowest BCUT2D eigenvalue weighted by Crippen LogP contribution is -2.40. The first-order valence-electron chi connectivity index (χ1n) is 8.02. The molecule has 5 heteroatoms. The van der Waals surface area contributed by atoms with Crippen molar-refractivity contribution in [1.29, 1.82) is 0 Å². The van der Waals surface area contributed by atoms with Crippen molar-refractivity contribution in [3.05, 3.63) is 35.4 Å². The van der Waals surface area contributed by atoms with Crippen LogP contribution in [0.5, 0.6) is 0 Å². The van der Waals surface area contributed by atoms with Crippen LogP contribution in [0.3, 0.4) is 0 Å². The zero-order valence-corrected chi connectivity index (χ0v) is 17.6. The lowest BCUT2D eigenvalue weighted by molar-refractivity contribution is 0.276. The number of hydrogen-bond acceptors (Lipinski definition) is 2. The molecule has 1 rings (SSSR count). The van der Waals surface area contributed by atoms with Gasteiger partial charge in [0.05, 0.1) is 11.4 Å². The van der Waals surface area contributed by atoms with E-state index in [1.165, 1.54) is 0 Å². The third-order valence-electron chi connectivity index (χ3n) is 4.18. The van der Waals surface area contributed by atoms with Crippen LogP contribution < -0.4 is 0 Å². The van der Waals surface area contributed by atoms with Crippen LogP contribution in [0, 0.1) is 0 Å². The Bertz CT molecular complexity index is 583. The number of nitrogens with zero attached hydrogens (tertiary/aromatic N) is 1. The summed E-state index contributed by atoms with van der Waals surface area (Å²) in [6, 6.07) is 8.08. The van der Waals surface area contributed by atoms with E-state index >= 15 is 0 Å². The van der Waals surface area contributed by atoms with E-state index in [2.05, 4.69) is 50.4 Å². The molecule has 0 spiro atoms. The molecule has 0 unspecified atom stereocenters. The second-order valence-electron chi connectivity index (χ2n) is 8.39. The van der Waals surface area contributed by atoms with E-state index in [4.69, 9.17) is 4.43 Å². The molecule has 0 heterocycles. The fraction of sp³-hybridized carbons (Fsp3) is 0.611. The molecule has 0 fully saturated rings. The fourth-order valence-electron chi connectivity index (χ4n) is 1.51. The van der Waals surface area contributed by atoms with E-state index in [1.54, 1.807) is 6.21 Å². The van der Waals surface area contributed by atoms with E-state index in [0.717, 1.165) is 11.1 Å². The molecular formula is C18H31NO2SSi. The monoisotopic (exact) mass is 353 g/mol. The Hall–Kier alpha value is -0.783. The predicted octanol–water partition coefficient (Wildman–Crippen LogP) is 5.09. The lowest BCUT2D eigenvalue weighted by atomic mass is 10.1. The summed E-state index contributed by atoms with van der Waals surface area (Å²) in [5, 5.41) is 0.204. The smallest absolute Gasteiger partial charge is 0.192 e. The Balaban J connectivity index is 2.79. The minimum Gasteiger partial charge on any atom is -0.413 e. The van der Waals surface area contributed by atoms with Gasteiger partial charge in [-0.25, -0.2) is 4.21 Å². The van der Waals surface area contributed by atoms with Gasteiger partial charge in [0.25, 0.3) is 0 Å². The molecule has 0 radical (unpaired) electrons. The van der Waals surface area contributed by atoms with Gasteiger partial charge in [-0.05, 0) is 56.1 Å². The third-order valence-corrected chi connectivity index (χ3v) is 10.0. The molecule has 1 atom stereocenters. The van der Waals surface area contributed by atoms with E-state index in [9.17, 15) is 4.21 Å². The summed E-state index contributed by atoms with van der Waals surface area (Å²) in [4.78, 5) is 0. The van der Waals surface area contributed by atoms with Gasteiger partial charge in [-0.2, -0.15) is 4.40 Å². The highest BCUT2D eigenvalue weighted by molar-refractivity contribution is 7.85.